The lowest BCUT2D eigenvalue weighted by Crippen LogP contribution is -2.04. The molecule has 2 rings (SSSR count). The molecular formula is C12H13BrClN3O. The van der Waals surface area contributed by atoms with E-state index in [0.717, 1.165) is 21.6 Å². The van der Waals surface area contributed by atoms with E-state index in [-0.39, 0.29) is 0 Å². The number of halogens is 2. The van der Waals surface area contributed by atoms with Gasteiger partial charge in [-0.15, -0.1) is 0 Å². The lowest BCUT2D eigenvalue weighted by molar-refractivity contribution is 0.416. The molecule has 0 amide bonds. The van der Waals surface area contributed by atoms with Crippen LogP contribution in [0.1, 0.15) is 5.82 Å². The van der Waals surface area contributed by atoms with Crippen LogP contribution in [0.3, 0.4) is 0 Å². The Kier molecular flexibility index (Phi) is 3.94. The highest BCUT2D eigenvalue weighted by molar-refractivity contribution is 9.10. The van der Waals surface area contributed by atoms with Crippen LogP contribution < -0.4 is 10.5 Å². The second-order valence-electron chi connectivity index (χ2n) is 3.78. The molecule has 96 valence electrons. The monoisotopic (exact) mass is 329 g/mol. The van der Waals surface area contributed by atoms with Crippen LogP contribution in [0.4, 0.5) is 0 Å². The zero-order valence-electron chi connectivity index (χ0n) is 10.1. The van der Waals surface area contributed by atoms with Crippen molar-refractivity contribution in [1.82, 2.24) is 9.55 Å². The average molecular weight is 331 g/mol. The van der Waals surface area contributed by atoms with Gasteiger partial charge in [0.1, 0.15) is 22.4 Å². The molecule has 0 fully saturated rings. The van der Waals surface area contributed by atoms with Gasteiger partial charge in [-0.05, 0) is 18.2 Å². The summed E-state index contributed by atoms with van der Waals surface area (Å²) in [6.45, 7) is 0.340. The molecule has 0 radical (unpaired) electrons. The van der Waals surface area contributed by atoms with Crippen molar-refractivity contribution in [2.45, 2.75) is 6.54 Å². The quantitative estimate of drug-likeness (QED) is 0.941. The summed E-state index contributed by atoms with van der Waals surface area (Å²) in [6, 6.07) is 5.70. The predicted octanol–water partition coefficient (Wildman–Crippen LogP) is 2.97. The highest BCUT2D eigenvalue weighted by atomic mass is 79.9. The third-order valence-electron chi connectivity index (χ3n) is 2.72. The second-order valence-corrected chi connectivity index (χ2v) is 5.05. The van der Waals surface area contributed by atoms with Crippen LogP contribution in [-0.4, -0.2) is 16.7 Å². The maximum Gasteiger partial charge on any atom is 0.136 e. The van der Waals surface area contributed by atoms with Crippen LogP contribution in [0.5, 0.6) is 5.75 Å². The minimum atomic E-state index is 0.340. The molecule has 0 saturated carbocycles. The summed E-state index contributed by atoms with van der Waals surface area (Å²) in [5.41, 5.74) is 7.15. The highest BCUT2D eigenvalue weighted by Gasteiger charge is 2.17. The van der Waals surface area contributed by atoms with Crippen molar-refractivity contribution in [3.05, 3.63) is 33.6 Å². The van der Waals surface area contributed by atoms with Crippen molar-refractivity contribution < 1.29 is 4.74 Å². The fourth-order valence-electron chi connectivity index (χ4n) is 1.74. The van der Waals surface area contributed by atoms with Gasteiger partial charge in [0.25, 0.3) is 0 Å². The standard InChI is InChI=1S/C12H13BrClN3O/c1-17-10(6-15)16-11(12(17)14)8-5-7(13)3-4-9(8)18-2/h3-5H,6,15H2,1-2H3. The van der Waals surface area contributed by atoms with E-state index in [1.165, 1.54) is 0 Å². The molecule has 0 spiro atoms. The molecule has 0 aliphatic rings. The maximum absolute atomic E-state index is 6.28. The summed E-state index contributed by atoms with van der Waals surface area (Å²) in [5.74, 6) is 1.46. The van der Waals surface area contributed by atoms with E-state index in [9.17, 15) is 0 Å². The number of hydrogen-bond acceptors (Lipinski definition) is 3. The molecule has 1 heterocycles. The molecular weight excluding hydrogens is 318 g/mol. The molecule has 0 aliphatic heterocycles. The van der Waals surface area contributed by atoms with Gasteiger partial charge in [0.15, 0.2) is 0 Å². The maximum atomic E-state index is 6.28. The first-order valence-electron chi connectivity index (χ1n) is 5.33. The molecule has 1 aromatic carbocycles. The highest BCUT2D eigenvalue weighted by Crippen LogP contribution is 2.36. The van der Waals surface area contributed by atoms with Crippen LogP contribution in [0, 0.1) is 0 Å². The van der Waals surface area contributed by atoms with Crippen molar-refractivity contribution in [3.63, 3.8) is 0 Å². The Bertz CT molecular complexity index is 583. The summed E-state index contributed by atoms with van der Waals surface area (Å²) < 4.78 is 8.05. The number of nitrogens with two attached hydrogens (primary N) is 1. The van der Waals surface area contributed by atoms with Crippen LogP contribution in [0.25, 0.3) is 11.3 Å². The van der Waals surface area contributed by atoms with Gasteiger partial charge >= 0.3 is 0 Å². The number of aromatic nitrogens is 2. The zero-order valence-corrected chi connectivity index (χ0v) is 12.4. The largest absolute Gasteiger partial charge is 0.496 e. The lowest BCUT2D eigenvalue weighted by Gasteiger charge is -2.07. The summed E-state index contributed by atoms with van der Waals surface area (Å²) in [5, 5.41) is 0.548. The first-order valence-corrected chi connectivity index (χ1v) is 6.50. The van der Waals surface area contributed by atoms with Gasteiger partial charge in [0.2, 0.25) is 0 Å². The molecule has 1 aromatic heterocycles. The Morgan fingerprint density at radius 3 is 2.78 bits per heavy atom. The van der Waals surface area contributed by atoms with Gasteiger partial charge in [0.05, 0.1) is 13.7 Å². The van der Waals surface area contributed by atoms with E-state index in [4.69, 9.17) is 22.1 Å². The van der Waals surface area contributed by atoms with Crippen molar-refractivity contribution in [2.24, 2.45) is 12.8 Å². The normalized spacial score (nSPS) is 10.7. The molecule has 18 heavy (non-hydrogen) atoms. The number of imidazole rings is 1. The van der Waals surface area contributed by atoms with Gasteiger partial charge in [-0.25, -0.2) is 4.98 Å². The number of nitrogens with zero attached hydrogens (tertiary/aromatic N) is 2. The van der Waals surface area contributed by atoms with E-state index in [2.05, 4.69) is 20.9 Å². The zero-order chi connectivity index (χ0) is 13.3. The number of ether oxygens (including phenoxy) is 1. The molecule has 0 bridgehead atoms. The Labute approximate surface area is 119 Å². The molecule has 0 aliphatic carbocycles. The number of benzene rings is 1. The molecule has 2 N–H and O–H groups in total. The topological polar surface area (TPSA) is 53.1 Å². The minimum Gasteiger partial charge on any atom is -0.496 e. The Hall–Kier alpha value is -1.04. The first kappa shape index (κ1) is 13.4. The van der Waals surface area contributed by atoms with Gasteiger partial charge in [-0.1, -0.05) is 27.5 Å². The van der Waals surface area contributed by atoms with Crippen LogP contribution in [-0.2, 0) is 13.6 Å². The Morgan fingerprint density at radius 2 is 2.22 bits per heavy atom. The average Bonchev–Trinajstić information content (AvgIpc) is 2.66. The van der Waals surface area contributed by atoms with Crippen molar-refractivity contribution >= 4 is 27.5 Å². The predicted molar refractivity (Wildman–Crippen MR) is 75.8 cm³/mol. The smallest absolute Gasteiger partial charge is 0.136 e. The van der Waals surface area contributed by atoms with E-state index >= 15 is 0 Å². The molecule has 2 aromatic rings. The number of methoxy groups -OCH3 is 1. The van der Waals surface area contributed by atoms with Gasteiger partial charge in [-0.3, -0.25) is 0 Å². The molecule has 0 saturated heterocycles. The minimum absolute atomic E-state index is 0.340. The molecule has 0 atom stereocenters. The molecule has 0 unspecified atom stereocenters. The summed E-state index contributed by atoms with van der Waals surface area (Å²) in [4.78, 5) is 4.45. The first-order chi connectivity index (χ1) is 8.58. The SMILES string of the molecule is COc1ccc(Br)cc1-c1nc(CN)n(C)c1Cl. The Morgan fingerprint density at radius 1 is 1.50 bits per heavy atom. The van der Waals surface area contributed by atoms with Crippen LogP contribution in [0.2, 0.25) is 5.15 Å². The fraction of sp³-hybridized carbons (Fsp3) is 0.250. The third-order valence-corrected chi connectivity index (χ3v) is 3.64. The van der Waals surface area contributed by atoms with Crippen LogP contribution >= 0.6 is 27.5 Å². The summed E-state index contributed by atoms with van der Waals surface area (Å²) in [6.07, 6.45) is 0. The van der Waals surface area contributed by atoms with Crippen LogP contribution in [0.15, 0.2) is 22.7 Å². The molecule has 4 nitrogen and oxygen atoms in total. The van der Waals surface area contributed by atoms with Gasteiger partial charge in [-0.2, -0.15) is 0 Å². The summed E-state index contributed by atoms with van der Waals surface area (Å²) in [7, 11) is 3.46. The van der Waals surface area contributed by atoms with E-state index in [1.807, 2.05) is 25.2 Å². The fourth-order valence-corrected chi connectivity index (χ4v) is 2.34. The van der Waals surface area contributed by atoms with Gasteiger partial charge < -0.3 is 15.0 Å². The van der Waals surface area contributed by atoms with Crippen molar-refractivity contribution in [1.29, 1.82) is 0 Å². The lowest BCUT2D eigenvalue weighted by atomic mass is 10.1. The van der Waals surface area contributed by atoms with Crippen molar-refractivity contribution in [2.75, 3.05) is 7.11 Å². The third kappa shape index (κ3) is 2.25. The summed E-state index contributed by atoms with van der Waals surface area (Å²) >= 11 is 9.71. The Balaban J connectivity index is 2.64. The van der Waals surface area contributed by atoms with E-state index in [0.29, 0.717) is 17.4 Å². The van der Waals surface area contributed by atoms with Gasteiger partial charge in [0, 0.05) is 17.1 Å². The molecule has 6 heteroatoms. The number of rotatable bonds is 3. The van der Waals surface area contributed by atoms with E-state index < -0.39 is 0 Å². The number of hydrogen-bond donors (Lipinski definition) is 1. The van der Waals surface area contributed by atoms with E-state index in [1.54, 1.807) is 11.7 Å². The second kappa shape index (κ2) is 5.30. The van der Waals surface area contributed by atoms with Crippen molar-refractivity contribution in [3.8, 4) is 17.0 Å².